The van der Waals surface area contributed by atoms with Gasteiger partial charge in [-0.1, -0.05) is 0 Å². The summed E-state index contributed by atoms with van der Waals surface area (Å²) in [5.41, 5.74) is 5.73. The lowest BCUT2D eigenvalue weighted by atomic mass is 10.4. The van der Waals surface area contributed by atoms with E-state index in [-0.39, 0.29) is 0 Å². The lowest BCUT2D eigenvalue weighted by Crippen LogP contribution is -2.33. The first-order chi connectivity index (χ1) is 7.34. The highest BCUT2D eigenvalue weighted by Crippen LogP contribution is 2.17. The molecule has 1 saturated carbocycles. The van der Waals surface area contributed by atoms with E-state index in [0.29, 0.717) is 12.0 Å². The summed E-state index contributed by atoms with van der Waals surface area (Å²) < 4.78 is 0. The van der Waals surface area contributed by atoms with Gasteiger partial charge in [0.25, 0.3) is 0 Å². The minimum absolute atomic E-state index is 0.618. The van der Waals surface area contributed by atoms with Crippen LogP contribution in [-0.4, -0.2) is 43.1 Å². The Morgan fingerprint density at radius 2 is 2.07 bits per heavy atom. The van der Waals surface area contributed by atoms with Gasteiger partial charge in [-0.3, -0.25) is 4.99 Å². The number of guanidine groups is 1. The van der Waals surface area contributed by atoms with Gasteiger partial charge in [-0.25, -0.2) is 0 Å². The molecule has 0 amide bonds. The molecule has 1 aliphatic carbocycles. The molecule has 1 saturated heterocycles. The normalized spacial score (nSPS) is 23.3. The Labute approximate surface area is 91.9 Å². The van der Waals surface area contributed by atoms with Crippen molar-refractivity contribution in [3.63, 3.8) is 0 Å². The molecule has 3 N–H and O–H groups in total. The number of nitrogens with two attached hydrogens (primary N) is 1. The zero-order chi connectivity index (χ0) is 10.5. The molecule has 0 bridgehead atoms. The van der Waals surface area contributed by atoms with Crippen molar-refractivity contribution in [3.8, 4) is 0 Å². The van der Waals surface area contributed by atoms with Crippen LogP contribution in [0.25, 0.3) is 0 Å². The Bertz CT molecular complexity index is 217. The highest BCUT2D eigenvalue weighted by molar-refractivity contribution is 5.78. The van der Waals surface area contributed by atoms with Gasteiger partial charge in [0.1, 0.15) is 0 Å². The van der Waals surface area contributed by atoms with Crippen LogP contribution in [0.5, 0.6) is 0 Å². The molecular formula is C11H22N4. The Morgan fingerprint density at radius 1 is 1.33 bits per heavy atom. The number of likely N-dealkylation sites (tertiary alicyclic amines) is 1. The molecular weight excluding hydrogens is 188 g/mol. The second-order valence-corrected chi connectivity index (χ2v) is 4.59. The van der Waals surface area contributed by atoms with E-state index in [1.54, 1.807) is 0 Å². The van der Waals surface area contributed by atoms with Gasteiger partial charge >= 0.3 is 0 Å². The molecule has 4 heteroatoms. The highest BCUT2D eigenvalue weighted by atomic mass is 15.1. The van der Waals surface area contributed by atoms with E-state index >= 15 is 0 Å². The Kier molecular flexibility index (Phi) is 3.83. The minimum atomic E-state index is 0.618. The molecule has 0 aromatic carbocycles. The summed E-state index contributed by atoms with van der Waals surface area (Å²) in [6, 6.07) is 0.618. The van der Waals surface area contributed by atoms with E-state index in [9.17, 15) is 0 Å². The number of aliphatic imine (C=N–C) groups is 1. The standard InChI is InChI=1S/C11H22N4/c12-11(14-10-4-5-10)13-6-3-9-15-7-1-2-8-15/h10H,1-9H2,(H3,12,13,14). The molecule has 0 atom stereocenters. The highest BCUT2D eigenvalue weighted by Gasteiger charge is 2.21. The number of nitrogens with one attached hydrogen (secondary N) is 1. The van der Waals surface area contributed by atoms with E-state index in [2.05, 4.69) is 15.2 Å². The molecule has 0 aromatic heterocycles. The van der Waals surface area contributed by atoms with E-state index in [1.165, 1.54) is 45.3 Å². The monoisotopic (exact) mass is 210 g/mol. The van der Waals surface area contributed by atoms with Gasteiger partial charge in [-0.15, -0.1) is 0 Å². The van der Waals surface area contributed by atoms with Gasteiger partial charge in [0.05, 0.1) is 0 Å². The third kappa shape index (κ3) is 4.08. The van der Waals surface area contributed by atoms with Crippen LogP contribution in [-0.2, 0) is 0 Å². The van der Waals surface area contributed by atoms with Crippen LogP contribution in [0.3, 0.4) is 0 Å². The van der Waals surface area contributed by atoms with Crippen molar-refractivity contribution in [3.05, 3.63) is 0 Å². The number of nitrogens with zero attached hydrogens (tertiary/aromatic N) is 2. The molecule has 2 fully saturated rings. The van der Waals surface area contributed by atoms with Crippen LogP contribution >= 0.6 is 0 Å². The van der Waals surface area contributed by atoms with Crippen molar-refractivity contribution in [1.29, 1.82) is 0 Å². The maximum absolute atomic E-state index is 5.73. The lowest BCUT2D eigenvalue weighted by Gasteiger charge is -2.13. The number of hydrogen-bond acceptors (Lipinski definition) is 2. The van der Waals surface area contributed by atoms with Crippen molar-refractivity contribution in [2.45, 2.75) is 38.1 Å². The van der Waals surface area contributed by atoms with Gasteiger partial charge in [0.15, 0.2) is 5.96 Å². The minimum Gasteiger partial charge on any atom is -0.370 e. The average Bonchev–Trinajstić information content (AvgIpc) is 2.87. The zero-order valence-electron chi connectivity index (χ0n) is 9.41. The maximum Gasteiger partial charge on any atom is 0.188 e. The van der Waals surface area contributed by atoms with Crippen molar-refractivity contribution in [2.75, 3.05) is 26.2 Å². The van der Waals surface area contributed by atoms with Crippen LogP contribution in [0.2, 0.25) is 0 Å². The van der Waals surface area contributed by atoms with Gasteiger partial charge < -0.3 is 16.0 Å². The zero-order valence-corrected chi connectivity index (χ0v) is 9.41. The molecule has 2 rings (SSSR count). The fourth-order valence-corrected chi connectivity index (χ4v) is 1.98. The van der Waals surface area contributed by atoms with Crippen LogP contribution in [0, 0.1) is 0 Å². The average molecular weight is 210 g/mol. The van der Waals surface area contributed by atoms with E-state index < -0.39 is 0 Å². The quantitative estimate of drug-likeness (QED) is 0.395. The molecule has 86 valence electrons. The van der Waals surface area contributed by atoms with Gasteiger partial charge in [0.2, 0.25) is 0 Å². The second-order valence-electron chi connectivity index (χ2n) is 4.59. The van der Waals surface area contributed by atoms with E-state index in [0.717, 1.165) is 13.0 Å². The van der Waals surface area contributed by atoms with Crippen LogP contribution in [0.15, 0.2) is 4.99 Å². The molecule has 0 unspecified atom stereocenters. The largest absolute Gasteiger partial charge is 0.370 e. The number of rotatable bonds is 5. The van der Waals surface area contributed by atoms with Gasteiger partial charge in [-0.05, 0) is 51.7 Å². The predicted octanol–water partition coefficient (Wildman–Crippen LogP) is 0.539. The van der Waals surface area contributed by atoms with E-state index in [4.69, 9.17) is 5.73 Å². The SMILES string of the molecule is NC(=NCCCN1CCCC1)NC1CC1. The Hall–Kier alpha value is -0.770. The summed E-state index contributed by atoms with van der Waals surface area (Å²) in [7, 11) is 0. The summed E-state index contributed by atoms with van der Waals surface area (Å²) in [4.78, 5) is 6.84. The molecule has 0 radical (unpaired) electrons. The van der Waals surface area contributed by atoms with Crippen molar-refractivity contribution in [2.24, 2.45) is 10.7 Å². The predicted molar refractivity (Wildman–Crippen MR) is 62.9 cm³/mol. The summed E-state index contributed by atoms with van der Waals surface area (Å²) >= 11 is 0. The summed E-state index contributed by atoms with van der Waals surface area (Å²) in [6.07, 6.45) is 6.38. The fourth-order valence-electron chi connectivity index (χ4n) is 1.98. The third-order valence-electron chi connectivity index (χ3n) is 3.04. The van der Waals surface area contributed by atoms with Crippen molar-refractivity contribution >= 4 is 5.96 Å². The molecule has 1 aliphatic heterocycles. The molecule has 1 heterocycles. The van der Waals surface area contributed by atoms with E-state index in [1.807, 2.05) is 0 Å². The Balaban J connectivity index is 1.52. The fraction of sp³-hybridized carbons (Fsp3) is 0.909. The van der Waals surface area contributed by atoms with Gasteiger partial charge in [-0.2, -0.15) is 0 Å². The summed E-state index contributed by atoms with van der Waals surface area (Å²) in [5, 5.41) is 3.20. The van der Waals surface area contributed by atoms with Crippen LogP contribution in [0.4, 0.5) is 0 Å². The molecule has 0 spiro atoms. The topological polar surface area (TPSA) is 53.6 Å². The molecule has 15 heavy (non-hydrogen) atoms. The second kappa shape index (κ2) is 5.35. The van der Waals surface area contributed by atoms with Crippen LogP contribution in [0.1, 0.15) is 32.1 Å². The van der Waals surface area contributed by atoms with Gasteiger partial charge in [0, 0.05) is 12.6 Å². The molecule has 4 nitrogen and oxygen atoms in total. The molecule has 2 aliphatic rings. The van der Waals surface area contributed by atoms with Crippen LogP contribution < -0.4 is 11.1 Å². The summed E-state index contributed by atoms with van der Waals surface area (Å²) in [5.74, 6) is 0.638. The number of hydrogen-bond donors (Lipinski definition) is 2. The maximum atomic E-state index is 5.73. The third-order valence-corrected chi connectivity index (χ3v) is 3.04. The smallest absolute Gasteiger partial charge is 0.188 e. The summed E-state index contributed by atoms with van der Waals surface area (Å²) in [6.45, 7) is 4.60. The van der Waals surface area contributed by atoms with Crippen molar-refractivity contribution in [1.82, 2.24) is 10.2 Å². The lowest BCUT2D eigenvalue weighted by molar-refractivity contribution is 0.336. The Morgan fingerprint density at radius 3 is 2.73 bits per heavy atom. The van der Waals surface area contributed by atoms with Crippen molar-refractivity contribution < 1.29 is 0 Å². The first-order valence-corrected chi connectivity index (χ1v) is 6.13. The first kappa shape index (κ1) is 10.7. The first-order valence-electron chi connectivity index (χ1n) is 6.13. The molecule has 0 aromatic rings.